The lowest BCUT2D eigenvalue weighted by atomic mass is 10.00. The first-order valence-corrected chi connectivity index (χ1v) is 9.14. The smallest absolute Gasteiger partial charge is 0.297 e. The van der Waals surface area contributed by atoms with E-state index in [-0.39, 0.29) is 34.0 Å². The Kier molecular flexibility index (Phi) is 6.16. The van der Waals surface area contributed by atoms with Crippen molar-refractivity contribution in [2.75, 3.05) is 19.6 Å². The molecule has 2 aromatic carbocycles. The van der Waals surface area contributed by atoms with Crippen LogP contribution in [0.2, 0.25) is 0 Å². The van der Waals surface area contributed by atoms with Gasteiger partial charge in [0.2, 0.25) is 0 Å². The second-order valence-electron chi connectivity index (χ2n) is 6.57. The van der Waals surface area contributed by atoms with Crippen molar-refractivity contribution >= 4 is 28.9 Å². The van der Waals surface area contributed by atoms with E-state index in [0.29, 0.717) is 11.5 Å². The fourth-order valence-corrected chi connectivity index (χ4v) is 2.84. The van der Waals surface area contributed by atoms with E-state index in [1.165, 1.54) is 39.3 Å². The van der Waals surface area contributed by atoms with Crippen LogP contribution in [-0.4, -0.2) is 41.5 Å². The summed E-state index contributed by atoms with van der Waals surface area (Å²) in [7, 11) is 2.75. The minimum atomic E-state index is -0.736. The van der Waals surface area contributed by atoms with Crippen LogP contribution in [0, 0.1) is 21.4 Å². The average molecular weight is 435 g/mol. The number of hydrogen-bond acceptors (Lipinski definition) is 9. The van der Waals surface area contributed by atoms with E-state index in [0.717, 1.165) is 4.90 Å². The van der Waals surface area contributed by atoms with Gasteiger partial charge in [-0.15, -0.1) is 0 Å². The van der Waals surface area contributed by atoms with Crippen molar-refractivity contribution in [3.8, 4) is 23.3 Å². The summed E-state index contributed by atoms with van der Waals surface area (Å²) in [6.45, 7) is 1.40. The van der Waals surface area contributed by atoms with Gasteiger partial charge in [-0.3, -0.25) is 30.0 Å². The van der Waals surface area contributed by atoms with E-state index in [1.54, 1.807) is 30.3 Å². The summed E-state index contributed by atoms with van der Waals surface area (Å²) in [5, 5.41) is 24.7. The van der Waals surface area contributed by atoms with E-state index in [4.69, 9.17) is 9.47 Å². The van der Waals surface area contributed by atoms with Gasteiger partial charge in [0.05, 0.1) is 18.1 Å². The number of rotatable bonds is 6. The third kappa shape index (κ3) is 4.24. The molecule has 2 amide bonds. The summed E-state index contributed by atoms with van der Waals surface area (Å²) in [4.78, 5) is 36.1. The lowest BCUT2D eigenvalue weighted by Gasteiger charge is -2.22. The zero-order valence-corrected chi connectivity index (χ0v) is 17.3. The first-order valence-electron chi connectivity index (χ1n) is 9.14. The molecule has 1 aliphatic rings. The number of methoxy groups -OCH3 is 1. The van der Waals surface area contributed by atoms with Crippen LogP contribution in [-0.2, 0) is 9.59 Å². The van der Waals surface area contributed by atoms with Gasteiger partial charge in [-0.25, -0.2) is 0 Å². The Hall–Kier alpha value is -4.72. The number of hydrazone groups is 1. The maximum absolute atomic E-state index is 12.4. The molecule has 0 atom stereocenters. The minimum absolute atomic E-state index is 0.0109. The standard InChI is InChI=1S/C21H17N5O6/c1-12-16(11-22)20(27)25(2)21(28)19(12)24-23-17-9-8-15(10-18(17)26(29)30)32-14-6-4-13(31-3)5-7-14/h4-10,23H,1-3H3/b24-19-. The second-order valence-corrected chi connectivity index (χ2v) is 6.57. The van der Waals surface area contributed by atoms with Crippen LogP contribution in [0.15, 0.2) is 58.7 Å². The Morgan fingerprint density at radius 2 is 1.72 bits per heavy atom. The maximum Gasteiger partial charge on any atom is 0.297 e. The van der Waals surface area contributed by atoms with Crippen molar-refractivity contribution in [1.82, 2.24) is 4.90 Å². The third-order valence-corrected chi connectivity index (χ3v) is 4.62. The highest BCUT2D eigenvalue weighted by molar-refractivity contribution is 6.50. The number of amides is 2. The maximum atomic E-state index is 12.4. The van der Waals surface area contributed by atoms with Gasteiger partial charge in [-0.1, -0.05) is 0 Å². The van der Waals surface area contributed by atoms with E-state index in [2.05, 4.69) is 10.5 Å². The van der Waals surface area contributed by atoms with Crippen LogP contribution >= 0.6 is 0 Å². The molecule has 11 nitrogen and oxygen atoms in total. The van der Waals surface area contributed by atoms with Gasteiger partial charge < -0.3 is 9.47 Å². The summed E-state index contributed by atoms with van der Waals surface area (Å²) in [6, 6.07) is 12.5. The number of nitrogens with one attached hydrogen (secondary N) is 1. The van der Waals surface area contributed by atoms with Gasteiger partial charge in [0.15, 0.2) is 5.71 Å². The summed E-state index contributed by atoms with van der Waals surface area (Å²) in [5.74, 6) is -0.176. The molecule has 0 radical (unpaired) electrons. The van der Waals surface area contributed by atoms with Crippen LogP contribution in [0.4, 0.5) is 11.4 Å². The first kappa shape index (κ1) is 22.0. The minimum Gasteiger partial charge on any atom is -0.497 e. The largest absolute Gasteiger partial charge is 0.497 e. The van der Waals surface area contributed by atoms with Crippen molar-refractivity contribution in [3.63, 3.8) is 0 Å². The monoisotopic (exact) mass is 435 g/mol. The fourth-order valence-electron chi connectivity index (χ4n) is 2.84. The first-order chi connectivity index (χ1) is 15.3. The Bertz CT molecular complexity index is 1210. The highest BCUT2D eigenvalue weighted by Gasteiger charge is 2.34. The number of nitro benzene ring substituents is 1. The lowest BCUT2D eigenvalue weighted by molar-refractivity contribution is -0.384. The molecule has 2 aromatic rings. The van der Waals surface area contributed by atoms with E-state index >= 15 is 0 Å². The molecule has 0 spiro atoms. The Morgan fingerprint density at radius 3 is 2.31 bits per heavy atom. The highest BCUT2D eigenvalue weighted by atomic mass is 16.6. The van der Waals surface area contributed by atoms with E-state index < -0.39 is 16.7 Å². The van der Waals surface area contributed by atoms with Crippen LogP contribution in [0.3, 0.4) is 0 Å². The molecule has 32 heavy (non-hydrogen) atoms. The number of carbonyl (C=O) groups is 2. The number of nitro groups is 1. The van der Waals surface area contributed by atoms with Crippen molar-refractivity contribution in [2.45, 2.75) is 6.92 Å². The molecule has 0 saturated heterocycles. The zero-order chi connectivity index (χ0) is 23.4. The van der Waals surface area contributed by atoms with Crippen LogP contribution in [0.1, 0.15) is 6.92 Å². The van der Waals surface area contributed by atoms with E-state index in [1.807, 2.05) is 0 Å². The number of imide groups is 1. The summed E-state index contributed by atoms with van der Waals surface area (Å²) >= 11 is 0. The molecule has 162 valence electrons. The number of nitriles is 1. The summed E-state index contributed by atoms with van der Waals surface area (Å²) in [5.41, 5.74) is 1.77. The Morgan fingerprint density at radius 1 is 1.09 bits per heavy atom. The molecular weight excluding hydrogens is 418 g/mol. The van der Waals surface area contributed by atoms with Crippen molar-refractivity contribution in [2.24, 2.45) is 5.10 Å². The number of nitrogens with zero attached hydrogens (tertiary/aromatic N) is 4. The highest BCUT2D eigenvalue weighted by Crippen LogP contribution is 2.32. The summed E-state index contributed by atoms with van der Waals surface area (Å²) < 4.78 is 10.7. The second kappa shape index (κ2) is 8.97. The normalized spacial score (nSPS) is 14.9. The van der Waals surface area contributed by atoms with Crippen LogP contribution < -0.4 is 14.9 Å². The van der Waals surface area contributed by atoms with Crippen molar-refractivity contribution in [1.29, 1.82) is 5.26 Å². The predicted octanol–water partition coefficient (Wildman–Crippen LogP) is 3.00. The van der Waals surface area contributed by atoms with Gasteiger partial charge in [-0.2, -0.15) is 10.4 Å². The molecule has 1 N–H and O–H groups in total. The molecule has 0 bridgehead atoms. The molecule has 0 fully saturated rings. The van der Waals surface area contributed by atoms with Gasteiger partial charge >= 0.3 is 0 Å². The molecule has 11 heteroatoms. The number of carbonyl (C=O) groups excluding carboxylic acids is 2. The Balaban J connectivity index is 1.90. The Labute approximate surface area is 182 Å². The van der Waals surface area contributed by atoms with Gasteiger partial charge in [0.1, 0.15) is 34.6 Å². The molecule has 3 rings (SSSR count). The van der Waals surface area contributed by atoms with Gasteiger partial charge in [0, 0.05) is 12.6 Å². The number of benzene rings is 2. The number of anilines is 1. The van der Waals surface area contributed by atoms with Gasteiger partial charge in [-0.05, 0) is 43.3 Å². The number of hydrogen-bond donors (Lipinski definition) is 1. The number of ether oxygens (including phenoxy) is 2. The third-order valence-electron chi connectivity index (χ3n) is 4.62. The van der Waals surface area contributed by atoms with Crippen molar-refractivity contribution < 1.29 is 24.0 Å². The lowest BCUT2D eigenvalue weighted by Crippen LogP contribution is -2.44. The predicted molar refractivity (Wildman–Crippen MR) is 113 cm³/mol. The quantitative estimate of drug-likeness (QED) is 0.414. The van der Waals surface area contributed by atoms with Crippen molar-refractivity contribution in [3.05, 3.63) is 63.7 Å². The van der Waals surface area contributed by atoms with Gasteiger partial charge in [0.25, 0.3) is 17.5 Å². The molecule has 1 heterocycles. The molecule has 0 saturated carbocycles. The van der Waals surface area contributed by atoms with Crippen LogP contribution in [0.25, 0.3) is 0 Å². The SMILES string of the molecule is COc1ccc(Oc2ccc(N/N=C3\C(=O)N(C)C(=O)C(C#N)=C3C)c([N+](=O)[O-])c2)cc1. The van der Waals surface area contributed by atoms with Crippen LogP contribution in [0.5, 0.6) is 17.2 Å². The summed E-state index contributed by atoms with van der Waals surface area (Å²) in [6.07, 6.45) is 0. The topological polar surface area (TPSA) is 147 Å². The molecule has 0 aliphatic carbocycles. The molecular formula is C21H17N5O6. The molecule has 1 aliphatic heterocycles. The van der Waals surface area contributed by atoms with E-state index in [9.17, 15) is 25.0 Å². The molecule has 0 aromatic heterocycles. The fraction of sp³-hybridized carbons (Fsp3) is 0.143. The zero-order valence-electron chi connectivity index (χ0n) is 17.3. The average Bonchev–Trinajstić information content (AvgIpc) is 2.79. The number of likely N-dealkylation sites (N-methyl/N-ethyl adjacent to an activating group) is 1. The molecule has 0 unspecified atom stereocenters.